The molecule has 1 atom stereocenters. The first-order valence-corrected chi connectivity index (χ1v) is 7.26. The van der Waals surface area contributed by atoms with Crippen LogP contribution in [0.15, 0.2) is 41.8 Å². The second-order valence-corrected chi connectivity index (χ2v) is 6.03. The number of thiophene rings is 2. The minimum atomic E-state index is -0.826. The predicted molar refractivity (Wildman–Crippen MR) is 77.1 cm³/mol. The molecule has 0 spiro atoms. The maximum Gasteiger partial charge on any atom is 0.190 e. The van der Waals surface area contributed by atoms with Gasteiger partial charge in [-0.15, -0.1) is 22.7 Å². The molecule has 1 aromatic carbocycles. The highest BCUT2D eigenvalue weighted by Crippen LogP contribution is 2.34. The van der Waals surface area contributed by atoms with Gasteiger partial charge in [-0.05, 0) is 40.6 Å². The van der Waals surface area contributed by atoms with E-state index in [1.807, 2.05) is 6.07 Å². The first kappa shape index (κ1) is 11.9. The average Bonchev–Trinajstić information content (AvgIpc) is 3.05. The molecule has 2 nitrogen and oxygen atoms in total. The van der Waals surface area contributed by atoms with E-state index in [9.17, 15) is 5.11 Å². The van der Waals surface area contributed by atoms with E-state index < -0.39 is 6.29 Å². The number of aliphatic hydroxyl groups excluding tert-OH is 1. The molecule has 0 aliphatic heterocycles. The molecule has 0 aliphatic carbocycles. The van der Waals surface area contributed by atoms with E-state index in [1.165, 1.54) is 22.3 Å². The van der Waals surface area contributed by atoms with E-state index in [0.717, 1.165) is 10.3 Å². The van der Waals surface area contributed by atoms with Gasteiger partial charge in [-0.2, -0.15) is 0 Å². The molecule has 0 saturated heterocycles. The summed E-state index contributed by atoms with van der Waals surface area (Å²) < 4.78 is 6.10. The molecule has 92 valence electrons. The Kier molecular flexibility index (Phi) is 3.18. The molecule has 3 rings (SSSR count). The van der Waals surface area contributed by atoms with Crippen LogP contribution in [0.1, 0.15) is 11.2 Å². The number of hydrogen-bond donors (Lipinski definition) is 1. The summed E-state index contributed by atoms with van der Waals surface area (Å²) in [6, 6.07) is 12.5. The van der Waals surface area contributed by atoms with Crippen LogP contribution in [0.5, 0.6) is 0 Å². The first-order chi connectivity index (χ1) is 8.78. The van der Waals surface area contributed by atoms with Crippen molar-refractivity contribution in [3.05, 3.63) is 46.7 Å². The zero-order valence-electron chi connectivity index (χ0n) is 9.79. The van der Waals surface area contributed by atoms with E-state index in [2.05, 4.69) is 35.7 Å². The Hall–Kier alpha value is -1.20. The van der Waals surface area contributed by atoms with Gasteiger partial charge in [0.1, 0.15) is 0 Å². The lowest BCUT2D eigenvalue weighted by molar-refractivity contribution is -0.0742. The number of methoxy groups -OCH3 is 1. The normalized spacial score (nSPS) is 13.0. The molecule has 0 unspecified atom stereocenters. The Bertz CT molecular complexity index is 656. The fourth-order valence-corrected chi connectivity index (χ4v) is 3.63. The van der Waals surface area contributed by atoms with Gasteiger partial charge in [-0.25, -0.2) is 0 Å². The third-order valence-electron chi connectivity index (χ3n) is 2.81. The minimum absolute atomic E-state index is 0.826. The molecule has 18 heavy (non-hydrogen) atoms. The van der Waals surface area contributed by atoms with Crippen LogP contribution < -0.4 is 0 Å². The molecule has 1 N–H and O–H groups in total. The zero-order chi connectivity index (χ0) is 12.5. The van der Waals surface area contributed by atoms with Crippen LogP contribution in [-0.2, 0) is 4.74 Å². The maximum atomic E-state index is 9.67. The lowest BCUT2D eigenvalue weighted by atomic mass is 10.1. The van der Waals surface area contributed by atoms with Crippen LogP contribution in [0, 0.1) is 0 Å². The van der Waals surface area contributed by atoms with Crippen molar-refractivity contribution < 1.29 is 9.84 Å². The molecule has 3 aromatic rings. The Morgan fingerprint density at radius 3 is 2.83 bits per heavy atom. The van der Waals surface area contributed by atoms with Crippen molar-refractivity contribution in [2.45, 2.75) is 6.29 Å². The summed E-state index contributed by atoms with van der Waals surface area (Å²) in [5.41, 5.74) is 1.22. The fraction of sp³-hybridized carbons (Fsp3) is 0.143. The highest BCUT2D eigenvalue weighted by molar-refractivity contribution is 7.19. The molecule has 0 radical (unpaired) electrons. The Balaban J connectivity index is 2.07. The average molecular weight is 276 g/mol. The molecule has 0 saturated carbocycles. The van der Waals surface area contributed by atoms with Crippen LogP contribution in [0.3, 0.4) is 0 Å². The predicted octanol–water partition coefficient (Wildman–Crippen LogP) is 4.27. The van der Waals surface area contributed by atoms with Crippen LogP contribution in [0.2, 0.25) is 0 Å². The largest absolute Gasteiger partial charge is 0.364 e. The van der Waals surface area contributed by atoms with Crippen LogP contribution in [0.4, 0.5) is 0 Å². The first-order valence-electron chi connectivity index (χ1n) is 5.56. The van der Waals surface area contributed by atoms with Gasteiger partial charge in [0.15, 0.2) is 6.29 Å². The van der Waals surface area contributed by atoms with Gasteiger partial charge in [0.05, 0.1) is 4.88 Å². The second kappa shape index (κ2) is 4.82. The molecule has 0 aliphatic rings. The van der Waals surface area contributed by atoms with Gasteiger partial charge in [0.2, 0.25) is 0 Å². The number of aliphatic hydroxyl groups is 1. The minimum Gasteiger partial charge on any atom is -0.364 e. The number of fused-ring (bicyclic) bond motifs is 1. The van der Waals surface area contributed by atoms with Gasteiger partial charge in [0.25, 0.3) is 0 Å². The van der Waals surface area contributed by atoms with Crippen molar-refractivity contribution in [3.63, 3.8) is 0 Å². The van der Waals surface area contributed by atoms with Crippen molar-refractivity contribution in [2.75, 3.05) is 7.11 Å². The molecule has 0 bridgehead atoms. The van der Waals surface area contributed by atoms with Crippen molar-refractivity contribution in [2.24, 2.45) is 0 Å². The molecule has 2 aromatic heterocycles. The van der Waals surface area contributed by atoms with Gasteiger partial charge >= 0.3 is 0 Å². The third kappa shape index (κ3) is 2.08. The van der Waals surface area contributed by atoms with E-state index in [4.69, 9.17) is 4.74 Å². The van der Waals surface area contributed by atoms with Gasteiger partial charge in [0, 0.05) is 16.7 Å². The summed E-state index contributed by atoms with van der Waals surface area (Å²) in [6.45, 7) is 0. The van der Waals surface area contributed by atoms with Gasteiger partial charge < -0.3 is 9.84 Å². The molecular formula is C14H12O2S2. The molecule has 0 fully saturated rings. The SMILES string of the molecule is CO[C@H](O)c1cc2cc(-c3cccs3)ccc2s1. The van der Waals surface area contributed by atoms with Crippen LogP contribution in [-0.4, -0.2) is 12.2 Å². The zero-order valence-corrected chi connectivity index (χ0v) is 11.4. The summed E-state index contributed by atoms with van der Waals surface area (Å²) in [6.07, 6.45) is -0.826. The van der Waals surface area contributed by atoms with Crippen molar-refractivity contribution in [3.8, 4) is 10.4 Å². The highest BCUT2D eigenvalue weighted by Gasteiger charge is 2.10. The van der Waals surface area contributed by atoms with E-state index >= 15 is 0 Å². The molecular weight excluding hydrogens is 264 g/mol. The van der Waals surface area contributed by atoms with Crippen LogP contribution in [0.25, 0.3) is 20.5 Å². The second-order valence-electron chi connectivity index (χ2n) is 3.97. The summed E-state index contributed by atoms with van der Waals surface area (Å²) in [5.74, 6) is 0. The third-order valence-corrected chi connectivity index (χ3v) is 4.87. The Morgan fingerprint density at radius 2 is 2.11 bits per heavy atom. The van der Waals surface area contributed by atoms with Crippen LogP contribution >= 0.6 is 22.7 Å². The fourth-order valence-electron chi connectivity index (χ4n) is 1.90. The van der Waals surface area contributed by atoms with E-state index in [-0.39, 0.29) is 0 Å². The highest BCUT2D eigenvalue weighted by atomic mass is 32.1. The van der Waals surface area contributed by atoms with E-state index in [1.54, 1.807) is 22.7 Å². The lowest BCUT2D eigenvalue weighted by Gasteiger charge is -2.03. The van der Waals surface area contributed by atoms with E-state index in [0.29, 0.717) is 0 Å². The quantitative estimate of drug-likeness (QED) is 0.724. The summed E-state index contributed by atoms with van der Waals surface area (Å²) in [5, 5.41) is 12.9. The number of ether oxygens (including phenoxy) is 1. The Morgan fingerprint density at radius 1 is 1.22 bits per heavy atom. The Labute approximate surface area is 113 Å². The standard InChI is InChI=1S/C14H12O2S2/c1-16-14(15)13-8-10-7-9(4-5-12(10)18-13)11-3-2-6-17-11/h2-8,14-15H,1H3/t14-/m0/s1. The molecule has 4 heteroatoms. The summed E-state index contributed by atoms with van der Waals surface area (Å²) in [7, 11) is 1.51. The van der Waals surface area contributed by atoms with Crippen molar-refractivity contribution in [1.82, 2.24) is 0 Å². The number of rotatable bonds is 3. The van der Waals surface area contributed by atoms with Crippen molar-refractivity contribution in [1.29, 1.82) is 0 Å². The molecule has 0 amide bonds. The summed E-state index contributed by atoms with van der Waals surface area (Å²) in [4.78, 5) is 2.10. The monoisotopic (exact) mass is 276 g/mol. The number of hydrogen-bond acceptors (Lipinski definition) is 4. The topological polar surface area (TPSA) is 29.5 Å². The number of benzene rings is 1. The lowest BCUT2D eigenvalue weighted by Crippen LogP contribution is -1.95. The van der Waals surface area contributed by atoms with Gasteiger partial charge in [-0.1, -0.05) is 12.1 Å². The maximum absolute atomic E-state index is 9.67. The summed E-state index contributed by atoms with van der Waals surface area (Å²) >= 11 is 3.30. The molecule has 2 heterocycles. The van der Waals surface area contributed by atoms with Crippen molar-refractivity contribution >= 4 is 32.8 Å². The van der Waals surface area contributed by atoms with Gasteiger partial charge in [-0.3, -0.25) is 0 Å². The smallest absolute Gasteiger partial charge is 0.190 e.